The highest BCUT2D eigenvalue weighted by Gasteiger charge is 2.45. The molecule has 1 aliphatic carbocycles. The van der Waals surface area contributed by atoms with Gasteiger partial charge in [0.15, 0.2) is 5.78 Å². The summed E-state index contributed by atoms with van der Waals surface area (Å²) in [5.41, 5.74) is 0.230. The van der Waals surface area contributed by atoms with Crippen LogP contribution in [0.15, 0.2) is 64.3 Å². The normalized spacial score (nSPS) is 21.6. The summed E-state index contributed by atoms with van der Waals surface area (Å²) in [7, 11) is 1.18. The Morgan fingerprint density at radius 1 is 1.16 bits per heavy atom. The molecule has 0 radical (unpaired) electrons. The van der Waals surface area contributed by atoms with Crippen LogP contribution in [-0.2, 0) is 20.5 Å². The van der Waals surface area contributed by atoms with Gasteiger partial charge in [-0.25, -0.2) is 4.79 Å². The Hall–Kier alpha value is -2.87. The third-order valence-electron chi connectivity index (χ3n) is 5.76. The zero-order chi connectivity index (χ0) is 22.3. The zero-order valence-corrected chi connectivity index (χ0v) is 17.7. The zero-order valence-electron chi connectivity index (χ0n) is 16.9. The number of hydrogen-bond acceptors (Lipinski definition) is 5. The van der Waals surface area contributed by atoms with Gasteiger partial charge in [0.2, 0.25) is 0 Å². The molecule has 0 spiro atoms. The molecule has 4 rings (SSSR count). The number of halogens is 3. The summed E-state index contributed by atoms with van der Waals surface area (Å²) in [4.78, 5) is 27.0. The number of allylic oxidation sites excluding steroid dienone is 3. The second-order valence-corrected chi connectivity index (χ2v) is 8.59. The molecule has 0 bridgehead atoms. The summed E-state index contributed by atoms with van der Waals surface area (Å²) in [5.74, 6) is -2.21. The highest BCUT2D eigenvalue weighted by atomic mass is 32.1. The SMILES string of the molecule is COC(=O)C1=C(C)NC2=C(C(=O)C[C@@H](c3cccs3)C2)[C@@H]1c1ccccc1C(F)(F)F. The summed E-state index contributed by atoms with van der Waals surface area (Å²) in [6, 6.07) is 8.95. The average molecular weight is 447 g/mol. The van der Waals surface area contributed by atoms with Crippen LogP contribution in [0.3, 0.4) is 0 Å². The average Bonchev–Trinajstić information content (AvgIpc) is 3.26. The minimum Gasteiger partial charge on any atom is -0.466 e. The summed E-state index contributed by atoms with van der Waals surface area (Å²) in [6.45, 7) is 1.62. The molecule has 0 saturated carbocycles. The molecule has 31 heavy (non-hydrogen) atoms. The van der Waals surface area contributed by atoms with Crippen LogP contribution >= 0.6 is 11.3 Å². The minimum absolute atomic E-state index is 0.0286. The number of hydrogen-bond donors (Lipinski definition) is 1. The van der Waals surface area contributed by atoms with Crippen molar-refractivity contribution in [2.75, 3.05) is 7.11 Å². The lowest BCUT2D eigenvalue weighted by Gasteiger charge is -2.37. The van der Waals surface area contributed by atoms with Gasteiger partial charge in [-0.05, 0) is 36.4 Å². The Labute approximate surface area is 181 Å². The maximum Gasteiger partial charge on any atom is 0.416 e. The van der Waals surface area contributed by atoms with Gasteiger partial charge in [0.05, 0.1) is 18.2 Å². The van der Waals surface area contributed by atoms with Crippen LogP contribution < -0.4 is 5.32 Å². The Bertz CT molecular complexity index is 1100. The van der Waals surface area contributed by atoms with Gasteiger partial charge < -0.3 is 10.1 Å². The van der Waals surface area contributed by atoms with Gasteiger partial charge in [-0.3, -0.25) is 4.79 Å². The van der Waals surface area contributed by atoms with E-state index >= 15 is 0 Å². The molecule has 2 atom stereocenters. The number of nitrogens with one attached hydrogen (secondary N) is 1. The van der Waals surface area contributed by atoms with Crippen LogP contribution in [0, 0.1) is 0 Å². The molecular weight excluding hydrogens is 427 g/mol. The molecule has 2 aliphatic rings. The number of rotatable bonds is 3. The first kappa shape index (κ1) is 21.4. The lowest BCUT2D eigenvalue weighted by Crippen LogP contribution is -2.36. The molecule has 162 valence electrons. The van der Waals surface area contributed by atoms with Crippen molar-refractivity contribution in [3.05, 3.63) is 80.3 Å². The molecule has 0 unspecified atom stereocenters. The first-order valence-electron chi connectivity index (χ1n) is 9.74. The van der Waals surface area contributed by atoms with E-state index in [0.717, 1.165) is 10.9 Å². The van der Waals surface area contributed by atoms with Crippen molar-refractivity contribution in [3.8, 4) is 0 Å². The van der Waals surface area contributed by atoms with E-state index in [4.69, 9.17) is 4.74 Å². The van der Waals surface area contributed by atoms with Crippen LogP contribution in [0.1, 0.15) is 47.6 Å². The maximum atomic E-state index is 13.8. The summed E-state index contributed by atoms with van der Waals surface area (Å²) in [6.07, 6.45) is -3.97. The van der Waals surface area contributed by atoms with Crippen LogP contribution in [0.2, 0.25) is 0 Å². The molecule has 1 aromatic heterocycles. The number of ketones is 1. The van der Waals surface area contributed by atoms with Crippen LogP contribution in [0.4, 0.5) is 13.2 Å². The Balaban J connectivity index is 1.90. The van der Waals surface area contributed by atoms with Crippen LogP contribution in [0.5, 0.6) is 0 Å². The van der Waals surface area contributed by atoms with E-state index in [2.05, 4.69) is 5.32 Å². The van der Waals surface area contributed by atoms with Crippen molar-refractivity contribution in [1.82, 2.24) is 5.32 Å². The van der Waals surface area contributed by atoms with Crippen molar-refractivity contribution >= 4 is 23.1 Å². The summed E-state index contributed by atoms with van der Waals surface area (Å²) >= 11 is 1.55. The van der Waals surface area contributed by atoms with E-state index in [9.17, 15) is 22.8 Å². The van der Waals surface area contributed by atoms with E-state index in [0.29, 0.717) is 17.8 Å². The van der Waals surface area contributed by atoms with Gasteiger partial charge in [0.25, 0.3) is 0 Å². The number of methoxy groups -OCH3 is 1. The smallest absolute Gasteiger partial charge is 0.416 e. The quantitative estimate of drug-likeness (QED) is 0.649. The Morgan fingerprint density at radius 3 is 2.55 bits per heavy atom. The molecule has 4 nitrogen and oxygen atoms in total. The van der Waals surface area contributed by atoms with Gasteiger partial charge >= 0.3 is 12.1 Å². The lowest BCUT2D eigenvalue weighted by atomic mass is 9.71. The predicted octanol–water partition coefficient (Wildman–Crippen LogP) is 5.30. The fraction of sp³-hybridized carbons (Fsp3) is 0.304. The third-order valence-corrected chi connectivity index (χ3v) is 6.79. The number of dihydropyridines is 1. The molecule has 0 fully saturated rings. The largest absolute Gasteiger partial charge is 0.466 e. The fourth-order valence-corrected chi connectivity index (χ4v) is 5.29. The van der Waals surface area contributed by atoms with E-state index in [1.165, 1.54) is 25.3 Å². The second kappa shape index (κ2) is 8.00. The third kappa shape index (κ3) is 3.80. The van der Waals surface area contributed by atoms with E-state index < -0.39 is 23.6 Å². The van der Waals surface area contributed by atoms with Gasteiger partial charge in [0, 0.05) is 40.1 Å². The highest BCUT2D eigenvalue weighted by molar-refractivity contribution is 7.10. The van der Waals surface area contributed by atoms with Crippen LogP contribution in [-0.4, -0.2) is 18.9 Å². The van der Waals surface area contributed by atoms with Gasteiger partial charge in [-0.1, -0.05) is 24.3 Å². The maximum absolute atomic E-state index is 13.8. The Kier molecular flexibility index (Phi) is 5.51. The molecule has 0 amide bonds. The van der Waals surface area contributed by atoms with Crippen molar-refractivity contribution in [3.63, 3.8) is 0 Å². The summed E-state index contributed by atoms with van der Waals surface area (Å²) in [5, 5.41) is 5.06. The molecular formula is C23H20F3NO3S. The standard InChI is InChI=1S/C23H20F3NO3S/c1-12-19(22(29)30-2)20(14-6-3-4-7-15(14)23(24,25)26)21-16(27-12)10-13(11-17(21)28)18-8-5-9-31-18/h3-9,13,20,27H,10-11H2,1-2H3/t13-,20+/m0/s1. The van der Waals surface area contributed by atoms with Gasteiger partial charge in [-0.2, -0.15) is 13.2 Å². The number of Topliss-reactive ketones (excluding diaryl/α,β-unsaturated/α-hetero) is 1. The molecule has 1 aromatic carbocycles. The molecule has 8 heteroatoms. The Morgan fingerprint density at radius 2 is 1.90 bits per heavy atom. The van der Waals surface area contributed by atoms with Crippen molar-refractivity contribution in [1.29, 1.82) is 0 Å². The first-order chi connectivity index (χ1) is 14.7. The lowest BCUT2D eigenvalue weighted by molar-refractivity contribution is -0.139. The van der Waals surface area contributed by atoms with Gasteiger partial charge in [0.1, 0.15) is 0 Å². The molecule has 2 heterocycles. The molecule has 2 aromatic rings. The summed E-state index contributed by atoms with van der Waals surface area (Å²) < 4.78 is 46.4. The number of esters is 1. The molecule has 1 N–H and O–H groups in total. The number of carbonyl (C=O) groups is 2. The monoisotopic (exact) mass is 447 g/mol. The second-order valence-electron chi connectivity index (χ2n) is 7.61. The van der Waals surface area contributed by atoms with Gasteiger partial charge in [-0.15, -0.1) is 11.3 Å². The van der Waals surface area contributed by atoms with Crippen molar-refractivity contribution in [2.45, 2.75) is 37.8 Å². The minimum atomic E-state index is -4.63. The topological polar surface area (TPSA) is 55.4 Å². The van der Waals surface area contributed by atoms with E-state index in [1.807, 2.05) is 17.5 Å². The molecule has 1 aliphatic heterocycles. The number of benzene rings is 1. The highest BCUT2D eigenvalue weighted by Crippen LogP contribution is 2.48. The van der Waals surface area contributed by atoms with Crippen LogP contribution in [0.25, 0.3) is 0 Å². The van der Waals surface area contributed by atoms with E-state index in [1.54, 1.807) is 18.3 Å². The fourth-order valence-electron chi connectivity index (χ4n) is 4.46. The number of alkyl halides is 3. The first-order valence-corrected chi connectivity index (χ1v) is 10.6. The van der Waals surface area contributed by atoms with Crippen molar-refractivity contribution in [2.24, 2.45) is 0 Å². The number of thiophene rings is 1. The van der Waals surface area contributed by atoms with Crippen molar-refractivity contribution < 1.29 is 27.5 Å². The number of ether oxygens (including phenoxy) is 1. The molecule has 0 saturated heterocycles. The predicted molar refractivity (Wildman–Crippen MR) is 110 cm³/mol. The number of carbonyl (C=O) groups excluding carboxylic acids is 2. The van der Waals surface area contributed by atoms with E-state index in [-0.39, 0.29) is 34.8 Å².